The Morgan fingerprint density at radius 3 is 1.42 bits per heavy atom. The van der Waals surface area contributed by atoms with Gasteiger partial charge in [-0.05, 0) is 0 Å². The molecule has 12 heavy (non-hydrogen) atoms. The Bertz CT molecular complexity index is 79.8. The van der Waals surface area contributed by atoms with Gasteiger partial charge in [-0.2, -0.15) is 0 Å². The minimum Gasteiger partial charge on any atom is -0.481 e. The van der Waals surface area contributed by atoms with Crippen LogP contribution in [-0.4, -0.2) is 11.1 Å². The van der Waals surface area contributed by atoms with E-state index in [2.05, 4.69) is 13.8 Å². The molecule has 0 aromatic rings. The van der Waals surface area contributed by atoms with E-state index >= 15 is 0 Å². The van der Waals surface area contributed by atoms with Gasteiger partial charge in [-0.3, -0.25) is 4.79 Å². The van der Waals surface area contributed by atoms with Crippen molar-refractivity contribution in [1.82, 2.24) is 0 Å². The summed E-state index contributed by atoms with van der Waals surface area (Å²) in [6.45, 7) is 5.60. The number of aliphatic carboxylic acids is 1. The van der Waals surface area contributed by atoms with Crippen LogP contribution in [0.1, 0.15) is 59.3 Å². The van der Waals surface area contributed by atoms with E-state index in [0.29, 0.717) is 0 Å². The Morgan fingerprint density at radius 1 is 1.00 bits per heavy atom. The average molecular weight is 174 g/mol. The molecule has 0 spiro atoms. The fraction of sp³-hybridized carbons (Fsp3) is 0.900. The summed E-state index contributed by atoms with van der Waals surface area (Å²) < 4.78 is 0. The molecule has 0 amide bonds. The predicted octanol–water partition coefficient (Wildman–Crippen LogP) is 3.46. The first-order chi connectivity index (χ1) is 5.65. The molecule has 0 atom stereocenters. The number of rotatable bonds is 5. The lowest BCUT2D eigenvalue weighted by molar-refractivity contribution is -0.134. The zero-order valence-corrected chi connectivity index (χ0v) is 8.60. The van der Waals surface area contributed by atoms with Crippen LogP contribution in [0.25, 0.3) is 0 Å². The first kappa shape index (κ1) is 14.0. The zero-order valence-electron chi connectivity index (χ0n) is 8.60. The van der Waals surface area contributed by atoms with Gasteiger partial charge in [0.25, 0.3) is 5.97 Å². The van der Waals surface area contributed by atoms with Crippen molar-refractivity contribution in [2.45, 2.75) is 59.3 Å². The van der Waals surface area contributed by atoms with E-state index in [1.54, 1.807) is 0 Å². The van der Waals surface area contributed by atoms with Crippen molar-refractivity contribution >= 4 is 5.97 Å². The Morgan fingerprint density at radius 2 is 1.25 bits per heavy atom. The lowest BCUT2D eigenvalue weighted by Crippen LogP contribution is -1.78. The Balaban J connectivity index is 0. The van der Waals surface area contributed by atoms with Gasteiger partial charge in [0, 0.05) is 6.92 Å². The summed E-state index contributed by atoms with van der Waals surface area (Å²) in [4.78, 5) is 9.00. The molecule has 0 saturated heterocycles. The summed E-state index contributed by atoms with van der Waals surface area (Å²) in [5.41, 5.74) is 0. The summed E-state index contributed by atoms with van der Waals surface area (Å²) in [6, 6.07) is 0. The Labute approximate surface area is 76.0 Å². The third kappa shape index (κ3) is 34.0. The van der Waals surface area contributed by atoms with Crippen LogP contribution in [0.15, 0.2) is 0 Å². The third-order valence-corrected chi connectivity index (χ3v) is 1.46. The van der Waals surface area contributed by atoms with Crippen LogP contribution in [0.4, 0.5) is 0 Å². The summed E-state index contributed by atoms with van der Waals surface area (Å²) in [5.74, 6) is -0.833. The molecule has 2 heteroatoms. The summed E-state index contributed by atoms with van der Waals surface area (Å²) in [5, 5.41) is 7.42. The SMILES string of the molecule is CC(=O)O.CCCCCCCC. The van der Waals surface area contributed by atoms with Crippen LogP contribution < -0.4 is 0 Å². The highest BCUT2D eigenvalue weighted by molar-refractivity contribution is 5.62. The van der Waals surface area contributed by atoms with Crippen molar-refractivity contribution in [2.24, 2.45) is 0 Å². The molecular weight excluding hydrogens is 152 g/mol. The van der Waals surface area contributed by atoms with E-state index in [1.165, 1.54) is 38.5 Å². The molecule has 0 bridgehead atoms. The van der Waals surface area contributed by atoms with Crippen LogP contribution in [0.3, 0.4) is 0 Å². The van der Waals surface area contributed by atoms with Crippen LogP contribution in [0.2, 0.25) is 0 Å². The normalized spacial score (nSPS) is 8.58. The molecule has 0 aromatic carbocycles. The number of hydrogen-bond acceptors (Lipinski definition) is 1. The van der Waals surface area contributed by atoms with Gasteiger partial charge in [-0.25, -0.2) is 0 Å². The quantitative estimate of drug-likeness (QED) is 0.648. The van der Waals surface area contributed by atoms with Gasteiger partial charge in [-0.15, -0.1) is 0 Å². The summed E-state index contributed by atoms with van der Waals surface area (Å²) >= 11 is 0. The van der Waals surface area contributed by atoms with Crippen molar-refractivity contribution in [2.75, 3.05) is 0 Å². The van der Waals surface area contributed by atoms with E-state index in [1.807, 2.05) is 0 Å². The van der Waals surface area contributed by atoms with E-state index in [4.69, 9.17) is 9.90 Å². The van der Waals surface area contributed by atoms with Crippen molar-refractivity contribution in [1.29, 1.82) is 0 Å². The molecule has 0 aliphatic carbocycles. The molecule has 0 rings (SSSR count). The number of hydrogen-bond donors (Lipinski definition) is 1. The average Bonchev–Trinajstić information content (AvgIpc) is 1.97. The van der Waals surface area contributed by atoms with E-state index in [9.17, 15) is 0 Å². The number of carbonyl (C=O) groups is 1. The summed E-state index contributed by atoms with van der Waals surface area (Å²) in [7, 11) is 0. The van der Waals surface area contributed by atoms with Crippen molar-refractivity contribution in [3.8, 4) is 0 Å². The molecular formula is C10H22O2. The minimum absolute atomic E-state index is 0.833. The Hall–Kier alpha value is -0.530. The monoisotopic (exact) mass is 174 g/mol. The van der Waals surface area contributed by atoms with Gasteiger partial charge in [0.05, 0.1) is 0 Å². The topological polar surface area (TPSA) is 37.3 Å². The number of carboxylic acid groups (broad SMARTS) is 1. The highest BCUT2D eigenvalue weighted by Gasteiger charge is 1.83. The standard InChI is InChI=1S/C8H18.C2H4O2/c1-3-5-7-8-6-4-2;1-2(3)4/h3-8H2,1-2H3;1H3,(H,3,4). The highest BCUT2D eigenvalue weighted by Crippen LogP contribution is 2.03. The first-order valence-corrected chi connectivity index (χ1v) is 4.84. The second-order valence-corrected chi connectivity index (χ2v) is 2.93. The van der Waals surface area contributed by atoms with Gasteiger partial charge in [0.1, 0.15) is 0 Å². The van der Waals surface area contributed by atoms with Crippen LogP contribution >= 0.6 is 0 Å². The first-order valence-electron chi connectivity index (χ1n) is 4.84. The lowest BCUT2D eigenvalue weighted by Gasteiger charge is -1.93. The molecule has 0 aromatic heterocycles. The summed E-state index contributed by atoms with van der Waals surface area (Å²) in [6.07, 6.45) is 8.49. The van der Waals surface area contributed by atoms with Gasteiger partial charge >= 0.3 is 0 Å². The molecule has 0 aliphatic rings. The zero-order chi connectivity index (χ0) is 9.82. The van der Waals surface area contributed by atoms with Gasteiger partial charge in [-0.1, -0.05) is 52.4 Å². The smallest absolute Gasteiger partial charge is 0.300 e. The number of unbranched alkanes of at least 4 members (excludes halogenated alkanes) is 5. The lowest BCUT2D eigenvalue weighted by atomic mass is 10.1. The second kappa shape index (κ2) is 13.1. The van der Waals surface area contributed by atoms with Crippen molar-refractivity contribution in [3.63, 3.8) is 0 Å². The van der Waals surface area contributed by atoms with Crippen molar-refractivity contribution < 1.29 is 9.90 Å². The van der Waals surface area contributed by atoms with Gasteiger partial charge in [0.2, 0.25) is 0 Å². The molecule has 1 N–H and O–H groups in total. The van der Waals surface area contributed by atoms with Crippen LogP contribution in [0.5, 0.6) is 0 Å². The van der Waals surface area contributed by atoms with Crippen LogP contribution in [-0.2, 0) is 4.79 Å². The number of carboxylic acids is 1. The van der Waals surface area contributed by atoms with E-state index in [-0.39, 0.29) is 0 Å². The second-order valence-electron chi connectivity index (χ2n) is 2.93. The van der Waals surface area contributed by atoms with E-state index < -0.39 is 5.97 Å². The third-order valence-electron chi connectivity index (χ3n) is 1.46. The fourth-order valence-corrected chi connectivity index (χ4v) is 0.854. The maximum absolute atomic E-state index is 9.00. The molecule has 0 heterocycles. The van der Waals surface area contributed by atoms with E-state index in [0.717, 1.165) is 6.92 Å². The molecule has 0 fully saturated rings. The molecule has 0 aliphatic heterocycles. The fourth-order valence-electron chi connectivity index (χ4n) is 0.854. The molecule has 74 valence electrons. The van der Waals surface area contributed by atoms with Crippen LogP contribution in [0, 0.1) is 0 Å². The molecule has 0 unspecified atom stereocenters. The van der Waals surface area contributed by atoms with Gasteiger partial charge < -0.3 is 5.11 Å². The van der Waals surface area contributed by atoms with Gasteiger partial charge in [0.15, 0.2) is 0 Å². The minimum atomic E-state index is -0.833. The molecule has 0 radical (unpaired) electrons. The maximum atomic E-state index is 9.00. The van der Waals surface area contributed by atoms with Crippen molar-refractivity contribution in [3.05, 3.63) is 0 Å². The maximum Gasteiger partial charge on any atom is 0.300 e. The molecule has 2 nitrogen and oxygen atoms in total. The predicted molar refractivity (Wildman–Crippen MR) is 52.4 cm³/mol. The highest BCUT2D eigenvalue weighted by atomic mass is 16.4. The Kier molecular flexibility index (Phi) is 15.3. The molecule has 0 saturated carbocycles. The largest absolute Gasteiger partial charge is 0.481 e.